The zero-order valence-corrected chi connectivity index (χ0v) is 31.0. The molecule has 0 aromatic heterocycles. The molecule has 10 heteroatoms. The molecule has 0 N–H and O–H groups in total. The Morgan fingerprint density at radius 1 is 0.556 bits per heavy atom. The van der Waals surface area contributed by atoms with E-state index in [1.807, 2.05) is 48.5 Å². The molecule has 10 nitrogen and oxygen atoms in total. The van der Waals surface area contributed by atoms with Gasteiger partial charge in [0.15, 0.2) is 0 Å². The number of rotatable bonds is 14. The van der Waals surface area contributed by atoms with Crippen LogP contribution >= 0.6 is 0 Å². The molecule has 0 amide bonds. The molecule has 0 aliphatic heterocycles. The Balaban J connectivity index is 1.22. The zero-order chi connectivity index (χ0) is 38.8. The van der Waals surface area contributed by atoms with Gasteiger partial charge in [-0.3, -0.25) is 0 Å². The number of aryl methyl sites for hydroxylation is 2. The predicted molar refractivity (Wildman–Crippen MR) is 202 cm³/mol. The monoisotopic (exact) mass is 732 g/mol. The summed E-state index contributed by atoms with van der Waals surface area (Å²) in [6.45, 7) is 13.2. The third-order valence-corrected chi connectivity index (χ3v) is 9.31. The molecule has 4 aromatic rings. The summed E-state index contributed by atoms with van der Waals surface area (Å²) < 4.78 is 32.4. The van der Waals surface area contributed by atoms with E-state index in [2.05, 4.69) is 13.2 Å². The molecule has 1 saturated carbocycles. The van der Waals surface area contributed by atoms with Crippen molar-refractivity contribution in [1.29, 1.82) is 0 Å². The molecule has 4 aromatic carbocycles. The van der Waals surface area contributed by atoms with E-state index in [1.54, 1.807) is 64.1 Å². The van der Waals surface area contributed by atoms with Crippen molar-refractivity contribution in [3.05, 3.63) is 143 Å². The minimum atomic E-state index is -0.547. The van der Waals surface area contributed by atoms with Crippen LogP contribution < -0.4 is 18.9 Å². The molecule has 54 heavy (non-hydrogen) atoms. The lowest BCUT2D eigenvalue weighted by molar-refractivity contribution is -0.146. The summed E-state index contributed by atoms with van der Waals surface area (Å²) in [5.41, 5.74) is 4.59. The van der Waals surface area contributed by atoms with Crippen LogP contribution in [0.25, 0.3) is 0 Å². The van der Waals surface area contributed by atoms with Crippen LogP contribution in [0, 0.1) is 13.8 Å². The van der Waals surface area contributed by atoms with Gasteiger partial charge in [-0.1, -0.05) is 56.7 Å². The Morgan fingerprint density at radius 3 is 1.28 bits per heavy atom. The van der Waals surface area contributed by atoms with Crippen LogP contribution in [0.15, 0.2) is 109 Å². The first-order valence-corrected chi connectivity index (χ1v) is 17.6. The number of ether oxygens (including phenoxy) is 6. The maximum Gasteiger partial charge on any atom is 0.343 e. The van der Waals surface area contributed by atoms with Crippen LogP contribution in [-0.4, -0.2) is 37.5 Å². The summed E-state index contributed by atoms with van der Waals surface area (Å²) in [7, 11) is 0. The van der Waals surface area contributed by atoms with Gasteiger partial charge in [-0.25, -0.2) is 19.2 Å². The van der Waals surface area contributed by atoms with Crippen LogP contribution in [0.1, 0.15) is 88.9 Å². The van der Waals surface area contributed by atoms with Crippen LogP contribution in [0.3, 0.4) is 0 Å². The number of esters is 4. The summed E-state index contributed by atoms with van der Waals surface area (Å²) in [5.74, 6) is -0.364. The SMILES string of the molecule is C=C(C)C(=O)OCOc1ccc(C(=O)Oc2ccc(C3(c4ccc(OC(=O)c5ccc(OCOC(=O)C(=C)C)cc5C)cc4)CCCCC3)cc2)c(C)c1. The fourth-order valence-electron chi connectivity index (χ4n) is 6.37. The Hall–Kier alpha value is -6.16. The number of hydrogen-bond donors (Lipinski definition) is 0. The van der Waals surface area contributed by atoms with Crippen molar-refractivity contribution in [3.8, 4) is 23.0 Å². The average molecular weight is 733 g/mol. The number of carbonyl (C=O) groups excluding carboxylic acids is 4. The molecule has 0 bridgehead atoms. The van der Waals surface area contributed by atoms with Gasteiger partial charge in [-0.05, 0) is 123 Å². The van der Waals surface area contributed by atoms with Crippen LogP contribution in [0.2, 0.25) is 0 Å². The molecule has 280 valence electrons. The molecule has 0 saturated heterocycles. The van der Waals surface area contributed by atoms with Gasteiger partial charge >= 0.3 is 23.9 Å². The van der Waals surface area contributed by atoms with E-state index < -0.39 is 23.9 Å². The van der Waals surface area contributed by atoms with Crippen molar-refractivity contribution in [2.45, 2.75) is 65.2 Å². The van der Waals surface area contributed by atoms with Gasteiger partial charge in [-0.2, -0.15) is 0 Å². The lowest BCUT2D eigenvalue weighted by Gasteiger charge is -2.38. The van der Waals surface area contributed by atoms with Gasteiger partial charge in [0, 0.05) is 16.6 Å². The van der Waals surface area contributed by atoms with Gasteiger partial charge in [0.2, 0.25) is 13.6 Å². The largest absolute Gasteiger partial charge is 0.457 e. The first kappa shape index (κ1) is 39.1. The Kier molecular flexibility index (Phi) is 12.7. The van der Waals surface area contributed by atoms with E-state index in [0.29, 0.717) is 45.3 Å². The smallest absolute Gasteiger partial charge is 0.343 e. The normalized spacial score (nSPS) is 13.2. The fraction of sp³-hybridized carbons (Fsp3) is 0.273. The van der Waals surface area contributed by atoms with E-state index >= 15 is 0 Å². The lowest BCUT2D eigenvalue weighted by atomic mass is 9.65. The average Bonchev–Trinajstić information content (AvgIpc) is 3.15. The van der Waals surface area contributed by atoms with Crippen molar-refractivity contribution in [2.24, 2.45) is 0 Å². The second-order valence-corrected chi connectivity index (χ2v) is 13.4. The summed E-state index contributed by atoms with van der Waals surface area (Å²) in [5, 5.41) is 0. The molecular formula is C44H44O10. The van der Waals surface area contributed by atoms with E-state index in [9.17, 15) is 19.2 Å². The molecular weight excluding hydrogens is 688 g/mol. The summed E-state index contributed by atoms with van der Waals surface area (Å²) in [6.07, 6.45) is 5.19. The quantitative estimate of drug-likeness (QED) is 0.0537. The summed E-state index contributed by atoms with van der Waals surface area (Å²) in [6, 6.07) is 25.1. The van der Waals surface area contributed by atoms with Crippen molar-refractivity contribution in [1.82, 2.24) is 0 Å². The van der Waals surface area contributed by atoms with Crippen LogP contribution in [-0.2, 0) is 24.5 Å². The van der Waals surface area contributed by atoms with E-state index in [0.717, 1.165) is 43.2 Å². The molecule has 1 fully saturated rings. The van der Waals surface area contributed by atoms with E-state index in [4.69, 9.17) is 28.4 Å². The van der Waals surface area contributed by atoms with Crippen molar-refractivity contribution < 1.29 is 47.6 Å². The number of hydrogen-bond acceptors (Lipinski definition) is 10. The number of carbonyl (C=O) groups is 4. The van der Waals surface area contributed by atoms with Gasteiger partial charge in [-0.15, -0.1) is 0 Å². The maximum absolute atomic E-state index is 13.1. The standard InChI is InChI=1S/C44H44O10/c1-28(2)40(45)51-26-49-36-18-20-38(30(5)24-36)42(47)53-34-14-10-32(11-15-34)44(22-8-7-9-23-44)33-12-16-35(17-13-33)54-43(48)39-21-19-37(25-31(39)6)50-27-52-41(46)29(3)4/h10-21,24-25H,1,3,7-9,22-23,26-27H2,2,4-6H3. The zero-order valence-electron chi connectivity index (χ0n) is 31.0. The van der Waals surface area contributed by atoms with Crippen molar-refractivity contribution in [2.75, 3.05) is 13.6 Å². The van der Waals surface area contributed by atoms with E-state index in [-0.39, 0.29) is 30.1 Å². The van der Waals surface area contributed by atoms with Gasteiger partial charge in [0.25, 0.3) is 0 Å². The van der Waals surface area contributed by atoms with Gasteiger partial charge in [0.05, 0.1) is 11.1 Å². The molecule has 0 unspecified atom stereocenters. The number of benzene rings is 4. The Labute approximate surface area is 315 Å². The maximum atomic E-state index is 13.1. The minimum Gasteiger partial charge on any atom is -0.457 e. The topological polar surface area (TPSA) is 124 Å². The summed E-state index contributed by atoms with van der Waals surface area (Å²) in [4.78, 5) is 49.4. The highest BCUT2D eigenvalue weighted by Crippen LogP contribution is 2.45. The first-order chi connectivity index (χ1) is 25.9. The third kappa shape index (κ3) is 9.63. The molecule has 0 atom stereocenters. The van der Waals surface area contributed by atoms with Crippen molar-refractivity contribution in [3.63, 3.8) is 0 Å². The Bertz CT molecular complexity index is 1900. The highest BCUT2D eigenvalue weighted by Gasteiger charge is 2.36. The van der Waals surface area contributed by atoms with Crippen LogP contribution in [0.5, 0.6) is 23.0 Å². The fourth-order valence-corrected chi connectivity index (χ4v) is 6.37. The molecule has 1 aliphatic carbocycles. The second kappa shape index (κ2) is 17.6. The molecule has 0 heterocycles. The summed E-state index contributed by atoms with van der Waals surface area (Å²) >= 11 is 0. The lowest BCUT2D eigenvalue weighted by Crippen LogP contribution is -2.30. The highest BCUT2D eigenvalue weighted by atomic mass is 16.7. The minimum absolute atomic E-state index is 0.250. The first-order valence-electron chi connectivity index (χ1n) is 17.6. The Morgan fingerprint density at radius 2 is 0.926 bits per heavy atom. The van der Waals surface area contributed by atoms with E-state index in [1.165, 1.54) is 0 Å². The van der Waals surface area contributed by atoms with Crippen molar-refractivity contribution >= 4 is 23.9 Å². The molecule has 0 radical (unpaired) electrons. The second-order valence-electron chi connectivity index (χ2n) is 13.4. The molecule has 1 aliphatic rings. The highest BCUT2D eigenvalue weighted by molar-refractivity contribution is 5.93. The predicted octanol–water partition coefficient (Wildman–Crippen LogP) is 8.90. The van der Waals surface area contributed by atoms with Crippen LogP contribution in [0.4, 0.5) is 0 Å². The van der Waals surface area contributed by atoms with Gasteiger partial charge < -0.3 is 28.4 Å². The third-order valence-electron chi connectivity index (χ3n) is 9.31. The van der Waals surface area contributed by atoms with Gasteiger partial charge in [0.1, 0.15) is 23.0 Å². The molecule has 5 rings (SSSR count). The molecule has 0 spiro atoms.